The summed E-state index contributed by atoms with van der Waals surface area (Å²) in [6, 6.07) is 0. The van der Waals surface area contributed by atoms with Gasteiger partial charge in [0, 0.05) is 38.0 Å². The Kier molecular flexibility index (Phi) is 5.82. The molecule has 2 rings (SSSR count). The molecule has 0 spiro atoms. The molecular formula is C17H31N3O. The van der Waals surface area contributed by atoms with Gasteiger partial charge in [-0.05, 0) is 31.1 Å². The molecular weight excluding hydrogens is 262 g/mol. The predicted molar refractivity (Wildman–Crippen MR) is 86.4 cm³/mol. The molecule has 0 radical (unpaired) electrons. The lowest BCUT2D eigenvalue weighted by Crippen LogP contribution is -2.31. The molecule has 4 nitrogen and oxygen atoms in total. The Labute approximate surface area is 129 Å². The predicted octanol–water partition coefficient (Wildman–Crippen LogP) is 2.70. The van der Waals surface area contributed by atoms with Crippen molar-refractivity contribution in [1.82, 2.24) is 15.1 Å². The largest absolute Gasteiger partial charge is 0.378 e. The Morgan fingerprint density at radius 3 is 2.71 bits per heavy atom. The van der Waals surface area contributed by atoms with E-state index in [4.69, 9.17) is 4.74 Å². The topological polar surface area (TPSA) is 39.1 Å². The first-order valence-corrected chi connectivity index (χ1v) is 8.44. The second-order valence-electron chi connectivity index (χ2n) is 6.46. The van der Waals surface area contributed by atoms with Crippen molar-refractivity contribution in [3.05, 3.63) is 17.0 Å². The summed E-state index contributed by atoms with van der Waals surface area (Å²) < 4.78 is 7.91. The van der Waals surface area contributed by atoms with Crippen LogP contribution in [0.15, 0.2) is 0 Å². The molecule has 2 atom stereocenters. The van der Waals surface area contributed by atoms with Gasteiger partial charge >= 0.3 is 0 Å². The summed E-state index contributed by atoms with van der Waals surface area (Å²) in [6.07, 6.45) is 3.65. The van der Waals surface area contributed by atoms with Crippen LogP contribution in [0.5, 0.6) is 0 Å². The van der Waals surface area contributed by atoms with Crippen LogP contribution >= 0.6 is 0 Å². The van der Waals surface area contributed by atoms with Gasteiger partial charge in [0.25, 0.3) is 0 Å². The monoisotopic (exact) mass is 293 g/mol. The van der Waals surface area contributed by atoms with Gasteiger partial charge in [0.2, 0.25) is 0 Å². The zero-order valence-electron chi connectivity index (χ0n) is 14.3. The average molecular weight is 293 g/mol. The molecule has 1 aliphatic heterocycles. The van der Waals surface area contributed by atoms with Crippen molar-refractivity contribution < 1.29 is 4.74 Å². The minimum absolute atomic E-state index is 0.419. The number of aromatic nitrogens is 2. The lowest BCUT2D eigenvalue weighted by Gasteiger charge is -2.22. The van der Waals surface area contributed by atoms with Gasteiger partial charge in [0.15, 0.2) is 0 Å². The fourth-order valence-electron chi connectivity index (χ4n) is 3.59. The van der Waals surface area contributed by atoms with Crippen molar-refractivity contribution in [2.24, 2.45) is 18.9 Å². The summed E-state index contributed by atoms with van der Waals surface area (Å²) >= 11 is 0. The SMILES string of the molecule is CCc1nn(C)c(CC)c1CNC[C@H]1CCO[C@@H]1C(C)C. The smallest absolute Gasteiger partial charge is 0.0669 e. The molecule has 0 aliphatic carbocycles. The molecule has 2 heterocycles. The minimum Gasteiger partial charge on any atom is -0.378 e. The molecule has 0 unspecified atom stereocenters. The van der Waals surface area contributed by atoms with Gasteiger partial charge in [0.05, 0.1) is 11.8 Å². The first kappa shape index (κ1) is 16.5. The molecule has 1 saturated heterocycles. The summed E-state index contributed by atoms with van der Waals surface area (Å²) in [6.45, 7) is 11.8. The van der Waals surface area contributed by atoms with Crippen LogP contribution in [-0.4, -0.2) is 29.0 Å². The first-order chi connectivity index (χ1) is 10.1. The molecule has 4 heteroatoms. The van der Waals surface area contributed by atoms with Gasteiger partial charge in [-0.15, -0.1) is 0 Å². The summed E-state index contributed by atoms with van der Waals surface area (Å²) in [5.74, 6) is 1.26. The van der Waals surface area contributed by atoms with Crippen molar-refractivity contribution in [3.63, 3.8) is 0 Å². The quantitative estimate of drug-likeness (QED) is 0.840. The van der Waals surface area contributed by atoms with Crippen LogP contribution in [0, 0.1) is 11.8 Å². The standard InChI is InChI=1S/C17H31N3O/c1-6-15-14(16(7-2)20(5)19-15)11-18-10-13-8-9-21-17(13)12(3)4/h12-13,17-18H,6-11H2,1-5H3/t13-,17-/m1/s1. The van der Waals surface area contributed by atoms with E-state index in [9.17, 15) is 0 Å². The molecule has 120 valence electrons. The zero-order chi connectivity index (χ0) is 15.4. The van der Waals surface area contributed by atoms with E-state index in [0.717, 1.165) is 32.5 Å². The Balaban J connectivity index is 1.94. The second kappa shape index (κ2) is 7.41. The van der Waals surface area contributed by atoms with Crippen molar-refractivity contribution in [2.45, 2.75) is 59.6 Å². The molecule has 1 aliphatic rings. The second-order valence-corrected chi connectivity index (χ2v) is 6.46. The van der Waals surface area contributed by atoms with E-state index in [2.05, 4.69) is 45.2 Å². The van der Waals surface area contributed by atoms with Gasteiger partial charge < -0.3 is 10.1 Å². The maximum absolute atomic E-state index is 5.87. The van der Waals surface area contributed by atoms with Gasteiger partial charge in [0.1, 0.15) is 0 Å². The highest BCUT2D eigenvalue weighted by Gasteiger charge is 2.30. The maximum atomic E-state index is 5.87. The van der Waals surface area contributed by atoms with Crippen LogP contribution in [0.4, 0.5) is 0 Å². The summed E-state index contributed by atoms with van der Waals surface area (Å²) in [5.41, 5.74) is 4.01. The number of rotatable bonds is 7. The summed E-state index contributed by atoms with van der Waals surface area (Å²) in [4.78, 5) is 0. The van der Waals surface area contributed by atoms with E-state index in [0.29, 0.717) is 17.9 Å². The lowest BCUT2D eigenvalue weighted by atomic mass is 9.93. The number of hydrogen-bond acceptors (Lipinski definition) is 3. The van der Waals surface area contributed by atoms with E-state index in [1.54, 1.807) is 0 Å². The summed E-state index contributed by atoms with van der Waals surface area (Å²) in [5, 5.41) is 8.30. The highest BCUT2D eigenvalue weighted by Crippen LogP contribution is 2.26. The third-order valence-electron chi connectivity index (χ3n) is 4.66. The molecule has 1 fully saturated rings. The third-order valence-corrected chi connectivity index (χ3v) is 4.66. The fourth-order valence-corrected chi connectivity index (χ4v) is 3.59. The molecule has 1 aromatic rings. The fraction of sp³-hybridized carbons (Fsp3) is 0.824. The van der Waals surface area contributed by atoms with Crippen LogP contribution in [0.1, 0.15) is 51.1 Å². The van der Waals surface area contributed by atoms with E-state index < -0.39 is 0 Å². The Bertz CT molecular complexity index is 453. The van der Waals surface area contributed by atoms with Crippen LogP contribution in [-0.2, 0) is 31.2 Å². The molecule has 0 amide bonds. The van der Waals surface area contributed by atoms with E-state index in [-0.39, 0.29) is 0 Å². The van der Waals surface area contributed by atoms with Crippen molar-refractivity contribution in [3.8, 4) is 0 Å². The molecule has 0 aromatic carbocycles. The highest BCUT2D eigenvalue weighted by atomic mass is 16.5. The summed E-state index contributed by atoms with van der Waals surface area (Å²) in [7, 11) is 2.06. The zero-order valence-corrected chi connectivity index (χ0v) is 14.3. The van der Waals surface area contributed by atoms with Crippen molar-refractivity contribution in [2.75, 3.05) is 13.2 Å². The third kappa shape index (κ3) is 3.67. The number of aryl methyl sites for hydroxylation is 2. The van der Waals surface area contributed by atoms with Gasteiger partial charge in [-0.2, -0.15) is 5.10 Å². The molecule has 0 saturated carbocycles. The Morgan fingerprint density at radius 1 is 1.33 bits per heavy atom. The average Bonchev–Trinajstić information content (AvgIpc) is 3.03. The van der Waals surface area contributed by atoms with Crippen molar-refractivity contribution >= 4 is 0 Å². The van der Waals surface area contributed by atoms with Crippen LogP contribution in [0.3, 0.4) is 0 Å². The number of nitrogens with one attached hydrogen (secondary N) is 1. The molecule has 1 aromatic heterocycles. The number of hydrogen-bond donors (Lipinski definition) is 1. The lowest BCUT2D eigenvalue weighted by molar-refractivity contribution is 0.0539. The number of ether oxygens (including phenoxy) is 1. The van der Waals surface area contributed by atoms with E-state index in [1.165, 1.54) is 23.4 Å². The number of nitrogens with zero attached hydrogens (tertiary/aromatic N) is 2. The van der Waals surface area contributed by atoms with E-state index >= 15 is 0 Å². The van der Waals surface area contributed by atoms with Crippen LogP contribution < -0.4 is 5.32 Å². The van der Waals surface area contributed by atoms with Gasteiger partial charge in [-0.1, -0.05) is 27.7 Å². The first-order valence-electron chi connectivity index (χ1n) is 8.44. The maximum Gasteiger partial charge on any atom is 0.0669 e. The van der Waals surface area contributed by atoms with Crippen molar-refractivity contribution in [1.29, 1.82) is 0 Å². The molecule has 0 bridgehead atoms. The van der Waals surface area contributed by atoms with Gasteiger partial charge in [-0.3, -0.25) is 4.68 Å². The molecule has 21 heavy (non-hydrogen) atoms. The Hall–Kier alpha value is -0.870. The van der Waals surface area contributed by atoms with Crippen LogP contribution in [0.25, 0.3) is 0 Å². The van der Waals surface area contributed by atoms with Gasteiger partial charge in [-0.25, -0.2) is 0 Å². The molecule has 1 N–H and O–H groups in total. The Morgan fingerprint density at radius 2 is 2.10 bits per heavy atom. The van der Waals surface area contributed by atoms with Crippen LogP contribution in [0.2, 0.25) is 0 Å². The highest BCUT2D eigenvalue weighted by molar-refractivity contribution is 5.26. The van der Waals surface area contributed by atoms with E-state index in [1.807, 2.05) is 4.68 Å². The minimum atomic E-state index is 0.419. The normalized spacial score (nSPS) is 22.4.